The van der Waals surface area contributed by atoms with E-state index in [9.17, 15) is 4.79 Å². The molecule has 1 unspecified atom stereocenters. The first-order valence-electron chi connectivity index (χ1n) is 10.4. The predicted octanol–water partition coefficient (Wildman–Crippen LogP) is 6.26. The highest BCUT2D eigenvalue weighted by Gasteiger charge is 2.30. The summed E-state index contributed by atoms with van der Waals surface area (Å²) in [5.74, 6) is 0.262. The van der Waals surface area contributed by atoms with Crippen LogP contribution in [0, 0.1) is 0 Å². The lowest BCUT2D eigenvalue weighted by Crippen LogP contribution is -2.51. The van der Waals surface area contributed by atoms with Crippen LogP contribution in [-0.2, 0) is 0 Å². The molecule has 0 bridgehead atoms. The SMILES string of the molecule is CCCCCCCCCCCC[N+](C)(C)C(C)C(=O)c1ccccc1. The minimum atomic E-state index is 0.0148. The van der Waals surface area contributed by atoms with Gasteiger partial charge in [-0.3, -0.25) is 4.79 Å². The number of benzene rings is 1. The Hall–Kier alpha value is -1.15. The second-order valence-electron chi connectivity index (χ2n) is 8.09. The average molecular weight is 347 g/mol. The van der Waals surface area contributed by atoms with Crippen LogP contribution in [0.3, 0.4) is 0 Å². The molecule has 2 heteroatoms. The van der Waals surface area contributed by atoms with Gasteiger partial charge < -0.3 is 4.48 Å². The molecular formula is C23H40NO+. The molecule has 1 atom stereocenters. The second-order valence-corrected chi connectivity index (χ2v) is 8.09. The molecule has 2 nitrogen and oxygen atoms in total. The summed E-state index contributed by atoms with van der Waals surface area (Å²) in [6, 6.07) is 9.73. The summed E-state index contributed by atoms with van der Waals surface area (Å²) in [5, 5.41) is 0. The Balaban J connectivity index is 2.19. The molecule has 0 saturated carbocycles. The number of hydrogen-bond donors (Lipinski definition) is 0. The summed E-state index contributed by atoms with van der Waals surface area (Å²) >= 11 is 0. The van der Waals surface area contributed by atoms with E-state index in [0.29, 0.717) is 0 Å². The van der Waals surface area contributed by atoms with Crippen LogP contribution in [0.2, 0.25) is 0 Å². The van der Waals surface area contributed by atoms with Gasteiger partial charge in [-0.2, -0.15) is 0 Å². The van der Waals surface area contributed by atoms with Crippen LogP contribution in [0.25, 0.3) is 0 Å². The average Bonchev–Trinajstić information content (AvgIpc) is 2.62. The van der Waals surface area contributed by atoms with Crippen molar-refractivity contribution in [2.45, 2.75) is 84.1 Å². The maximum atomic E-state index is 12.7. The Morgan fingerprint density at radius 2 is 1.32 bits per heavy atom. The van der Waals surface area contributed by atoms with Crippen LogP contribution in [0.15, 0.2) is 30.3 Å². The van der Waals surface area contributed by atoms with Crippen LogP contribution in [0.4, 0.5) is 0 Å². The summed E-state index contributed by atoms with van der Waals surface area (Å²) in [6.07, 6.45) is 13.6. The highest BCUT2D eigenvalue weighted by Crippen LogP contribution is 2.16. The van der Waals surface area contributed by atoms with E-state index < -0.39 is 0 Å². The van der Waals surface area contributed by atoms with Crippen LogP contribution in [0.1, 0.15) is 88.4 Å². The predicted molar refractivity (Wildman–Crippen MR) is 109 cm³/mol. The number of hydrogen-bond acceptors (Lipinski definition) is 1. The van der Waals surface area contributed by atoms with E-state index in [1.54, 1.807) is 0 Å². The number of rotatable bonds is 14. The Bertz CT molecular complexity index is 466. The zero-order valence-corrected chi connectivity index (χ0v) is 17.1. The molecule has 0 aliphatic rings. The molecule has 0 spiro atoms. The van der Waals surface area contributed by atoms with Crippen molar-refractivity contribution in [3.8, 4) is 0 Å². The molecule has 1 aromatic carbocycles. The van der Waals surface area contributed by atoms with Crippen molar-refractivity contribution in [3.05, 3.63) is 35.9 Å². The zero-order valence-electron chi connectivity index (χ0n) is 17.1. The normalized spacial score (nSPS) is 13.0. The third kappa shape index (κ3) is 8.67. The molecule has 142 valence electrons. The topological polar surface area (TPSA) is 17.1 Å². The van der Waals surface area contributed by atoms with Gasteiger partial charge in [-0.15, -0.1) is 0 Å². The molecule has 0 saturated heterocycles. The maximum Gasteiger partial charge on any atom is 0.219 e. The van der Waals surface area contributed by atoms with E-state index in [1.165, 1.54) is 64.2 Å². The van der Waals surface area contributed by atoms with Crippen molar-refractivity contribution >= 4 is 5.78 Å². The molecule has 0 amide bonds. The first-order chi connectivity index (χ1) is 12.0. The number of carbonyl (C=O) groups excluding carboxylic acids is 1. The molecule has 0 heterocycles. The van der Waals surface area contributed by atoms with Crippen molar-refractivity contribution in [2.75, 3.05) is 20.6 Å². The molecule has 0 aromatic heterocycles. The van der Waals surface area contributed by atoms with E-state index in [4.69, 9.17) is 0 Å². The molecule has 0 N–H and O–H groups in total. The molecular weight excluding hydrogens is 306 g/mol. The van der Waals surface area contributed by atoms with Gasteiger partial charge in [0.15, 0.2) is 0 Å². The van der Waals surface area contributed by atoms with Crippen LogP contribution in [-0.4, -0.2) is 36.9 Å². The standard InChI is InChI=1S/C23H40NO/c1-5-6-7-8-9-10-11-12-13-17-20-24(3,4)21(2)23(25)22-18-15-14-16-19-22/h14-16,18-19,21H,5-13,17,20H2,1-4H3/q+1. The number of unbranched alkanes of at least 4 members (excludes halogenated alkanes) is 9. The maximum absolute atomic E-state index is 12.7. The van der Waals surface area contributed by atoms with Crippen molar-refractivity contribution < 1.29 is 9.28 Å². The van der Waals surface area contributed by atoms with Gasteiger partial charge in [0, 0.05) is 5.56 Å². The molecule has 25 heavy (non-hydrogen) atoms. The molecule has 0 radical (unpaired) electrons. The van der Waals surface area contributed by atoms with Gasteiger partial charge in [-0.1, -0.05) is 88.6 Å². The Morgan fingerprint density at radius 1 is 0.840 bits per heavy atom. The summed E-state index contributed by atoms with van der Waals surface area (Å²) in [7, 11) is 4.39. The van der Waals surface area contributed by atoms with Gasteiger partial charge >= 0.3 is 0 Å². The van der Waals surface area contributed by atoms with Crippen LogP contribution >= 0.6 is 0 Å². The first kappa shape index (κ1) is 21.9. The minimum Gasteiger partial charge on any atom is -0.320 e. The Kier molecular flexibility index (Phi) is 10.7. The number of carbonyl (C=O) groups is 1. The quantitative estimate of drug-likeness (QED) is 0.221. The number of nitrogens with zero attached hydrogens (tertiary/aromatic N) is 1. The minimum absolute atomic E-state index is 0.0148. The van der Waals surface area contributed by atoms with Crippen LogP contribution in [0.5, 0.6) is 0 Å². The van der Waals surface area contributed by atoms with E-state index in [2.05, 4.69) is 27.9 Å². The third-order valence-electron chi connectivity index (χ3n) is 5.57. The fourth-order valence-electron chi connectivity index (χ4n) is 3.36. The lowest BCUT2D eigenvalue weighted by Gasteiger charge is -2.35. The highest BCUT2D eigenvalue weighted by molar-refractivity contribution is 5.99. The second kappa shape index (κ2) is 12.2. The summed E-state index contributed by atoms with van der Waals surface area (Å²) in [5.41, 5.74) is 0.837. The number of ketones is 1. The monoisotopic (exact) mass is 346 g/mol. The fourth-order valence-corrected chi connectivity index (χ4v) is 3.36. The molecule has 1 rings (SSSR count). The zero-order chi connectivity index (χ0) is 18.5. The number of Topliss-reactive ketones (excluding diaryl/α,β-unsaturated/α-hetero) is 1. The molecule has 0 aliphatic carbocycles. The summed E-state index contributed by atoms with van der Waals surface area (Å²) in [6.45, 7) is 5.43. The van der Waals surface area contributed by atoms with Crippen LogP contribution < -0.4 is 0 Å². The lowest BCUT2D eigenvalue weighted by molar-refractivity contribution is -0.903. The lowest BCUT2D eigenvalue weighted by atomic mass is 10.0. The Labute approximate surface area is 156 Å². The van der Waals surface area contributed by atoms with Crippen molar-refractivity contribution in [1.82, 2.24) is 0 Å². The van der Waals surface area contributed by atoms with E-state index in [0.717, 1.165) is 16.6 Å². The van der Waals surface area contributed by atoms with Gasteiger partial charge in [0.05, 0.1) is 20.6 Å². The van der Waals surface area contributed by atoms with Gasteiger partial charge in [0.25, 0.3) is 0 Å². The largest absolute Gasteiger partial charge is 0.320 e. The van der Waals surface area contributed by atoms with E-state index in [1.807, 2.05) is 30.3 Å². The van der Waals surface area contributed by atoms with E-state index >= 15 is 0 Å². The molecule has 0 fully saturated rings. The van der Waals surface area contributed by atoms with Crippen molar-refractivity contribution in [2.24, 2.45) is 0 Å². The van der Waals surface area contributed by atoms with Gasteiger partial charge in [0.1, 0.15) is 6.04 Å². The fraction of sp³-hybridized carbons (Fsp3) is 0.696. The number of likely N-dealkylation sites (N-methyl/N-ethyl adjacent to an activating group) is 1. The number of quaternary nitrogens is 1. The van der Waals surface area contributed by atoms with Gasteiger partial charge in [-0.05, 0) is 19.8 Å². The summed E-state index contributed by atoms with van der Waals surface area (Å²) < 4.78 is 0.782. The third-order valence-corrected chi connectivity index (χ3v) is 5.57. The summed E-state index contributed by atoms with van der Waals surface area (Å²) in [4.78, 5) is 12.7. The van der Waals surface area contributed by atoms with Gasteiger partial charge in [0.2, 0.25) is 5.78 Å². The first-order valence-corrected chi connectivity index (χ1v) is 10.4. The smallest absolute Gasteiger partial charge is 0.219 e. The molecule has 1 aromatic rings. The van der Waals surface area contributed by atoms with Crippen molar-refractivity contribution in [1.29, 1.82) is 0 Å². The van der Waals surface area contributed by atoms with Crippen molar-refractivity contribution in [3.63, 3.8) is 0 Å². The highest BCUT2D eigenvalue weighted by atomic mass is 16.1. The Morgan fingerprint density at radius 3 is 1.84 bits per heavy atom. The molecule has 0 aliphatic heterocycles. The van der Waals surface area contributed by atoms with E-state index in [-0.39, 0.29) is 11.8 Å². The van der Waals surface area contributed by atoms with Gasteiger partial charge in [-0.25, -0.2) is 0 Å².